The number of carbonyl (C=O) groups excluding carboxylic acids is 1. The van der Waals surface area contributed by atoms with Crippen molar-refractivity contribution in [3.63, 3.8) is 0 Å². The fourth-order valence-corrected chi connectivity index (χ4v) is 2.87. The summed E-state index contributed by atoms with van der Waals surface area (Å²) in [4.78, 5) is 12.7. The molecule has 156 valence electrons. The number of anilines is 1. The van der Waals surface area contributed by atoms with Gasteiger partial charge in [0, 0.05) is 23.3 Å². The van der Waals surface area contributed by atoms with Crippen LogP contribution in [0.15, 0.2) is 46.9 Å². The van der Waals surface area contributed by atoms with Crippen LogP contribution in [0.1, 0.15) is 24.2 Å². The first-order valence-electron chi connectivity index (χ1n) is 9.15. The van der Waals surface area contributed by atoms with Crippen LogP contribution in [-0.4, -0.2) is 38.0 Å². The number of carbonyl (C=O) groups is 1. The third-order valence-electron chi connectivity index (χ3n) is 3.63. The van der Waals surface area contributed by atoms with Gasteiger partial charge in [0.15, 0.2) is 5.11 Å². The van der Waals surface area contributed by atoms with Gasteiger partial charge in [0.1, 0.15) is 18.1 Å². The number of methoxy groups -OCH3 is 1. The van der Waals surface area contributed by atoms with Crippen molar-refractivity contribution in [2.75, 3.05) is 32.2 Å². The second-order valence-electron chi connectivity index (χ2n) is 6.62. The predicted molar refractivity (Wildman–Crippen MR) is 122 cm³/mol. The van der Waals surface area contributed by atoms with Crippen molar-refractivity contribution in [1.82, 2.24) is 5.32 Å². The minimum absolute atomic E-state index is 0.179. The van der Waals surface area contributed by atoms with Gasteiger partial charge in [0.05, 0.1) is 18.8 Å². The van der Waals surface area contributed by atoms with Crippen LogP contribution in [0.25, 0.3) is 0 Å². The molecular formula is C21H25BrN2O4S. The smallest absolute Gasteiger partial charge is 0.261 e. The molecule has 2 N–H and O–H groups in total. The number of hydrogen-bond donors (Lipinski definition) is 2. The Labute approximate surface area is 185 Å². The van der Waals surface area contributed by atoms with Crippen LogP contribution in [0.4, 0.5) is 5.69 Å². The summed E-state index contributed by atoms with van der Waals surface area (Å²) in [5, 5.41) is 5.86. The van der Waals surface area contributed by atoms with Crippen LogP contribution in [0.2, 0.25) is 0 Å². The highest BCUT2D eigenvalue weighted by Gasteiger charge is 2.15. The molecule has 2 rings (SSSR count). The molecule has 8 heteroatoms. The zero-order chi connectivity index (χ0) is 21.2. The van der Waals surface area contributed by atoms with Crippen molar-refractivity contribution in [3.8, 4) is 11.5 Å². The average Bonchev–Trinajstić information content (AvgIpc) is 2.67. The quantitative estimate of drug-likeness (QED) is 0.402. The first-order valence-corrected chi connectivity index (χ1v) is 10.4. The maximum absolute atomic E-state index is 12.7. The van der Waals surface area contributed by atoms with E-state index >= 15 is 0 Å². The van der Waals surface area contributed by atoms with Crippen molar-refractivity contribution < 1.29 is 19.0 Å². The Morgan fingerprint density at radius 1 is 1.14 bits per heavy atom. The number of nitrogens with one attached hydrogen (secondary N) is 2. The molecule has 0 fully saturated rings. The molecule has 0 aliphatic rings. The SMILES string of the molecule is COCCOc1ccc(Br)cc1C(=O)NC(=S)Nc1cccc(OCC(C)C)c1. The van der Waals surface area contributed by atoms with Crippen LogP contribution in [0.5, 0.6) is 11.5 Å². The summed E-state index contributed by atoms with van der Waals surface area (Å²) in [6.45, 7) is 5.56. The van der Waals surface area contributed by atoms with E-state index in [1.54, 1.807) is 25.3 Å². The summed E-state index contributed by atoms with van der Waals surface area (Å²) in [6, 6.07) is 12.6. The van der Waals surface area contributed by atoms with Gasteiger partial charge in [-0.15, -0.1) is 0 Å². The minimum atomic E-state index is -0.372. The van der Waals surface area contributed by atoms with Gasteiger partial charge in [-0.05, 0) is 48.5 Å². The molecule has 0 unspecified atom stereocenters. The second kappa shape index (κ2) is 11.7. The molecular weight excluding hydrogens is 456 g/mol. The predicted octanol–water partition coefficient (Wildman–Crippen LogP) is 4.64. The van der Waals surface area contributed by atoms with Crippen molar-refractivity contribution in [2.45, 2.75) is 13.8 Å². The number of hydrogen-bond acceptors (Lipinski definition) is 5. The fourth-order valence-electron chi connectivity index (χ4n) is 2.30. The lowest BCUT2D eigenvalue weighted by Crippen LogP contribution is -2.34. The number of halogens is 1. The minimum Gasteiger partial charge on any atom is -0.493 e. The molecule has 2 aromatic carbocycles. The van der Waals surface area contributed by atoms with Crippen LogP contribution < -0.4 is 20.1 Å². The Kier molecular flexibility index (Phi) is 9.37. The van der Waals surface area contributed by atoms with E-state index in [0.717, 1.165) is 15.9 Å². The third-order valence-corrected chi connectivity index (χ3v) is 4.33. The van der Waals surface area contributed by atoms with E-state index in [9.17, 15) is 4.79 Å². The summed E-state index contributed by atoms with van der Waals surface area (Å²) in [5.74, 6) is 1.24. The molecule has 0 radical (unpaired) electrons. The van der Waals surface area contributed by atoms with Crippen molar-refractivity contribution >= 4 is 44.9 Å². The molecule has 6 nitrogen and oxygen atoms in total. The van der Waals surface area contributed by atoms with Crippen molar-refractivity contribution in [3.05, 3.63) is 52.5 Å². The molecule has 0 heterocycles. The van der Waals surface area contributed by atoms with E-state index in [0.29, 0.717) is 37.1 Å². The van der Waals surface area contributed by atoms with Gasteiger partial charge in [-0.25, -0.2) is 0 Å². The molecule has 0 aromatic heterocycles. The summed E-state index contributed by atoms with van der Waals surface area (Å²) in [7, 11) is 1.59. The number of thiocarbonyl (C=S) groups is 1. The molecule has 0 bridgehead atoms. The van der Waals surface area contributed by atoms with E-state index in [2.05, 4.69) is 40.4 Å². The van der Waals surface area contributed by atoms with Crippen molar-refractivity contribution in [1.29, 1.82) is 0 Å². The average molecular weight is 481 g/mol. The lowest BCUT2D eigenvalue weighted by molar-refractivity contribution is 0.0969. The number of ether oxygens (including phenoxy) is 3. The highest BCUT2D eigenvalue weighted by atomic mass is 79.9. The Balaban J connectivity index is 2.01. The standard InChI is InChI=1S/C21H25BrN2O4S/c1-14(2)13-28-17-6-4-5-16(12-17)23-21(29)24-20(25)18-11-15(22)7-8-19(18)27-10-9-26-3/h4-8,11-12,14H,9-10,13H2,1-3H3,(H2,23,24,25,29). The van der Waals surface area contributed by atoms with E-state index < -0.39 is 0 Å². The normalized spacial score (nSPS) is 10.5. The molecule has 0 aliphatic carbocycles. The largest absolute Gasteiger partial charge is 0.493 e. The fraction of sp³-hybridized carbons (Fsp3) is 0.333. The van der Waals surface area contributed by atoms with Gasteiger partial charge < -0.3 is 19.5 Å². The molecule has 0 aliphatic heterocycles. The van der Waals surface area contributed by atoms with Crippen LogP contribution >= 0.6 is 28.1 Å². The monoisotopic (exact) mass is 480 g/mol. The van der Waals surface area contributed by atoms with Crippen LogP contribution in [0, 0.1) is 5.92 Å². The lowest BCUT2D eigenvalue weighted by atomic mass is 10.2. The van der Waals surface area contributed by atoms with Gasteiger partial charge in [0.2, 0.25) is 0 Å². The van der Waals surface area contributed by atoms with Gasteiger partial charge >= 0.3 is 0 Å². The maximum atomic E-state index is 12.7. The summed E-state index contributed by atoms with van der Waals surface area (Å²) in [6.07, 6.45) is 0. The lowest BCUT2D eigenvalue weighted by Gasteiger charge is -2.14. The van der Waals surface area contributed by atoms with Gasteiger partial charge in [-0.1, -0.05) is 35.8 Å². The Morgan fingerprint density at radius 3 is 2.66 bits per heavy atom. The molecule has 1 amide bonds. The Morgan fingerprint density at radius 2 is 1.93 bits per heavy atom. The summed E-state index contributed by atoms with van der Waals surface area (Å²) in [5.41, 5.74) is 1.09. The molecule has 0 saturated carbocycles. The van der Waals surface area contributed by atoms with Crippen LogP contribution in [-0.2, 0) is 4.74 Å². The second-order valence-corrected chi connectivity index (χ2v) is 7.95. The Bertz CT molecular complexity index is 845. The highest BCUT2D eigenvalue weighted by molar-refractivity contribution is 9.10. The van der Waals surface area contributed by atoms with Gasteiger partial charge in [0.25, 0.3) is 5.91 Å². The van der Waals surface area contributed by atoms with Crippen molar-refractivity contribution in [2.24, 2.45) is 5.92 Å². The molecule has 0 atom stereocenters. The number of amides is 1. The third kappa shape index (κ3) is 8.00. The van der Waals surface area contributed by atoms with Gasteiger partial charge in [-0.2, -0.15) is 0 Å². The van der Waals surface area contributed by atoms with E-state index in [1.807, 2.05) is 24.3 Å². The van der Waals surface area contributed by atoms with E-state index in [-0.39, 0.29) is 11.0 Å². The first-order chi connectivity index (χ1) is 13.9. The topological polar surface area (TPSA) is 68.8 Å². The van der Waals surface area contributed by atoms with E-state index in [4.69, 9.17) is 26.4 Å². The zero-order valence-electron chi connectivity index (χ0n) is 16.7. The maximum Gasteiger partial charge on any atom is 0.261 e. The number of benzene rings is 2. The highest BCUT2D eigenvalue weighted by Crippen LogP contribution is 2.23. The number of rotatable bonds is 9. The summed E-state index contributed by atoms with van der Waals surface area (Å²) < 4.78 is 17.1. The van der Waals surface area contributed by atoms with Crippen LogP contribution in [0.3, 0.4) is 0 Å². The Hall–Kier alpha value is -2.16. The molecule has 0 saturated heterocycles. The first kappa shape index (κ1) is 23.1. The van der Waals surface area contributed by atoms with Gasteiger partial charge in [-0.3, -0.25) is 10.1 Å². The molecule has 0 spiro atoms. The zero-order valence-corrected chi connectivity index (χ0v) is 19.1. The summed E-state index contributed by atoms with van der Waals surface area (Å²) >= 11 is 8.66. The molecule has 29 heavy (non-hydrogen) atoms. The van der Waals surface area contributed by atoms with E-state index in [1.165, 1.54) is 0 Å². The molecule has 2 aromatic rings.